The number of nitrogens with one attached hydrogen (secondary N) is 1. The maximum absolute atomic E-state index is 14.8. The van der Waals surface area contributed by atoms with Gasteiger partial charge in [-0.1, -0.05) is 33.3 Å². The van der Waals surface area contributed by atoms with Crippen molar-refractivity contribution in [1.29, 1.82) is 0 Å². The molecule has 11 heteroatoms. The predicted molar refractivity (Wildman–Crippen MR) is 153 cm³/mol. The molecule has 0 bridgehead atoms. The smallest absolute Gasteiger partial charge is 0.281 e. The number of nitrogens with two attached hydrogens (primary N) is 1. The minimum atomic E-state index is -4.35. The molecule has 1 atom stereocenters. The van der Waals surface area contributed by atoms with Crippen LogP contribution >= 0.6 is 0 Å². The van der Waals surface area contributed by atoms with Crippen LogP contribution in [0.15, 0.2) is 53.6 Å². The number of amides is 1. The van der Waals surface area contributed by atoms with Crippen LogP contribution in [0.5, 0.6) is 5.75 Å². The molecule has 1 aromatic carbocycles. The molecule has 40 heavy (non-hydrogen) atoms. The molecule has 0 aliphatic carbocycles. The second-order valence-electron chi connectivity index (χ2n) is 11.2. The van der Waals surface area contributed by atoms with Crippen LogP contribution in [-0.4, -0.2) is 43.0 Å². The Hall–Kier alpha value is -3.73. The molecular formula is C29H36FN5O4S. The number of pyridine rings is 2. The second kappa shape index (κ2) is 11.4. The van der Waals surface area contributed by atoms with Gasteiger partial charge in [0, 0.05) is 23.7 Å². The minimum absolute atomic E-state index is 0.00525. The van der Waals surface area contributed by atoms with E-state index in [4.69, 9.17) is 15.5 Å². The van der Waals surface area contributed by atoms with Crippen molar-refractivity contribution in [2.45, 2.75) is 58.0 Å². The highest BCUT2D eigenvalue weighted by Gasteiger charge is 2.38. The highest BCUT2D eigenvalue weighted by atomic mass is 32.2. The second-order valence-corrected chi connectivity index (χ2v) is 12.8. The molecule has 2 aromatic heterocycles. The van der Waals surface area contributed by atoms with E-state index in [1.165, 1.54) is 36.4 Å². The fraction of sp³-hybridized carbons (Fsp3) is 0.414. The van der Waals surface area contributed by atoms with E-state index in [-0.39, 0.29) is 39.8 Å². The fourth-order valence-electron chi connectivity index (χ4n) is 4.92. The number of anilines is 2. The van der Waals surface area contributed by atoms with Crippen LogP contribution in [0.3, 0.4) is 0 Å². The predicted octanol–water partition coefficient (Wildman–Crippen LogP) is 5.03. The SMILES string of the molecule is CC[C@@H]1CN(c2ccc(C(=O)NS(=O)(=O)c3cccc(N)n3)c(-c3cc(F)cc(OCC(C)C)c3)n2)C(C)(C)C1. The van der Waals surface area contributed by atoms with Crippen LogP contribution in [0, 0.1) is 17.7 Å². The molecule has 0 unspecified atom stereocenters. The van der Waals surface area contributed by atoms with Gasteiger partial charge in [0.25, 0.3) is 15.9 Å². The summed E-state index contributed by atoms with van der Waals surface area (Å²) in [5.41, 5.74) is 5.83. The van der Waals surface area contributed by atoms with Crippen molar-refractivity contribution in [3.63, 3.8) is 0 Å². The Balaban J connectivity index is 1.80. The van der Waals surface area contributed by atoms with E-state index in [9.17, 15) is 17.6 Å². The van der Waals surface area contributed by atoms with Crippen molar-refractivity contribution >= 4 is 27.6 Å². The van der Waals surface area contributed by atoms with Gasteiger partial charge in [-0.25, -0.2) is 19.1 Å². The standard InChI is InChI=1S/C29H36FN5O4S/c1-6-19-15-29(4,5)35(16-19)25-11-10-23(28(36)34-40(37,38)26-9-7-8-24(31)32-26)27(33-25)20-12-21(30)14-22(13-20)39-17-18(2)3/h7-14,18-19H,6,15-17H2,1-5H3,(H2,31,32)(H,34,36)/t19-/m0/s1. The zero-order valence-electron chi connectivity index (χ0n) is 23.4. The van der Waals surface area contributed by atoms with Gasteiger partial charge in [-0.3, -0.25) is 4.79 Å². The van der Waals surface area contributed by atoms with Gasteiger partial charge in [-0.15, -0.1) is 0 Å². The fourth-order valence-corrected chi connectivity index (χ4v) is 5.86. The molecule has 1 fully saturated rings. The number of carbonyl (C=O) groups is 1. The highest BCUT2D eigenvalue weighted by molar-refractivity contribution is 7.90. The van der Waals surface area contributed by atoms with E-state index in [0.717, 1.165) is 19.4 Å². The van der Waals surface area contributed by atoms with E-state index in [1.807, 2.05) is 13.8 Å². The first kappa shape index (κ1) is 29.3. The number of nitrogen functional groups attached to an aromatic ring is 1. The summed E-state index contributed by atoms with van der Waals surface area (Å²) < 4.78 is 48.5. The molecule has 3 heterocycles. The lowest BCUT2D eigenvalue weighted by Crippen LogP contribution is -2.39. The molecule has 0 spiro atoms. The Morgan fingerprint density at radius 1 is 1.20 bits per heavy atom. The van der Waals surface area contributed by atoms with E-state index in [0.29, 0.717) is 18.3 Å². The Bertz CT molecular complexity index is 1510. The Labute approximate surface area is 235 Å². The number of rotatable bonds is 9. The zero-order valence-corrected chi connectivity index (χ0v) is 24.3. The maximum atomic E-state index is 14.8. The lowest BCUT2D eigenvalue weighted by molar-refractivity contribution is 0.0981. The number of ether oxygens (including phenoxy) is 1. The van der Waals surface area contributed by atoms with Gasteiger partial charge in [-0.2, -0.15) is 8.42 Å². The van der Waals surface area contributed by atoms with Crippen molar-refractivity contribution in [1.82, 2.24) is 14.7 Å². The third-order valence-corrected chi connectivity index (χ3v) is 8.15. The van der Waals surface area contributed by atoms with E-state index in [2.05, 4.69) is 35.4 Å². The number of aromatic nitrogens is 2. The van der Waals surface area contributed by atoms with Gasteiger partial charge in [-0.05, 0) is 68.5 Å². The number of nitrogens with zero attached hydrogens (tertiary/aromatic N) is 3. The highest BCUT2D eigenvalue weighted by Crippen LogP contribution is 2.39. The maximum Gasteiger partial charge on any atom is 0.281 e. The van der Waals surface area contributed by atoms with Gasteiger partial charge >= 0.3 is 0 Å². The Morgan fingerprint density at radius 3 is 2.60 bits per heavy atom. The first-order chi connectivity index (χ1) is 18.8. The summed E-state index contributed by atoms with van der Waals surface area (Å²) in [6.07, 6.45) is 1.99. The van der Waals surface area contributed by atoms with Gasteiger partial charge in [0.15, 0.2) is 5.03 Å². The van der Waals surface area contributed by atoms with E-state index < -0.39 is 26.8 Å². The monoisotopic (exact) mass is 569 g/mol. The molecule has 9 nitrogen and oxygen atoms in total. The molecular weight excluding hydrogens is 533 g/mol. The van der Waals surface area contributed by atoms with Crippen LogP contribution in [0.4, 0.5) is 16.0 Å². The quantitative estimate of drug-likeness (QED) is 0.367. The molecule has 0 saturated carbocycles. The van der Waals surface area contributed by atoms with E-state index in [1.54, 1.807) is 12.1 Å². The number of carbonyl (C=O) groups excluding carboxylic acids is 1. The van der Waals surface area contributed by atoms with Crippen LogP contribution in [0.2, 0.25) is 0 Å². The first-order valence-electron chi connectivity index (χ1n) is 13.3. The lowest BCUT2D eigenvalue weighted by atomic mass is 9.95. The number of halogens is 1. The lowest BCUT2D eigenvalue weighted by Gasteiger charge is -2.33. The largest absolute Gasteiger partial charge is 0.493 e. The minimum Gasteiger partial charge on any atom is -0.493 e. The molecule has 3 N–H and O–H groups in total. The molecule has 4 rings (SSSR count). The molecule has 0 radical (unpaired) electrons. The molecule has 1 saturated heterocycles. The van der Waals surface area contributed by atoms with Gasteiger partial charge in [0.1, 0.15) is 23.2 Å². The zero-order chi connectivity index (χ0) is 29.2. The van der Waals surface area contributed by atoms with Crippen LogP contribution < -0.4 is 20.1 Å². The summed E-state index contributed by atoms with van der Waals surface area (Å²) in [5.74, 6) is 0.0781. The summed E-state index contributed by atoms with van der Waals surface area (Å²) >= 11 is 0. The Kier molecular flexibility index (Phi) is 8.34. The summed E-state index contributed by atoms with van der Waals surface area (Å²) in [6.45, 7) is 11.5. The third-order valence-electron chi connectivity index (χ3n) is 6.91. The summed E-state index contributed by atoms with van der Waals surface area (Å²) in [5, 5.41) is -0.397. The van der Waals surface area contributed by atoms with Crippen molar-refractivity contribution in [2.24, 2.45) is 11.8 Å². The topological polar surface area (TPSA) is 128 Å². The van der Waals surface area contributed by atoms with Crippen LogP contribution in [-0.2, 0) is 10.0 Å². The number of sulfonamides is 1. The molecule has 1 aliphatic rings. The third kappa shape index (κ3) is 6.52. The van der Waals surface area contributed by atoms with Crippen molar-refractivity contribution < 1.29 is 22.3 Å². The molecule has 1 amide bonds. The Morgan fingerprint density at radius 2 is 1.95 bits per heavy atom. The van der Waals surface area contributed by atoms with Crippen molar-refractivity contribution in [3.8, 4) is 17.0 Å². The summed E-state index contributed by atoms with van der Waals surface area (Å²) in [4.78, 5) is 24.2. The average Bonchev–Trinajstić information content (AvgIpc) is 3.20. The number of hydrogen-bond donors (Lipinski definition) is 2. The van der Waals surface area contributed by atoms with Crippen LogP contribution in [0.25, 0.3) is 11.3 Å². The van der Waals surface area contributed by atoms with E-state index >= 15 is 0 Å². The molecule has 214 valence electrons. The summed E-state index contributed by atoms with van der Waals surface area (Å²) in [7, 11) is -4.35. The van der Waals surface area contributed by atoms with Gasteiger partial charge in [0.05, 0.1) is 17.9 Å². The molecule has 3 aromatic rings. The summed E-state index contributed by atoms with van der Waals surface area (Å²) in [6, 6.07) is 11.4. The van der Waals surface area contributed by atoms with Crippen LogP contribution in [0.1, 0.15) is 57.8 Å². The van der Waals surface area contributed by atoms with Crippen molar-refractivity contribution in [3.05, 3.63) is 59.9 Å². The number of benzene rings is 1. The normalized spacial score (nSPS) is 16.8. The first-order valence-corrected chi connectivity index (χ1v) is 14.8. The van der Waals surface area contributed by atoms with Crippen molar-refractivity contribution in [2.75, 3.05) is 23.8 Å². The average molecular weight is 570 g/mol. The van der Waals surface area contributed by atoms with Gasteiger partial charge < -0.3 is 15.4 Å². The number of hydrogen-bond acceptors (Lipinski definition) is 8. The molecule has 1 aliphatic heterocycles. The van der Waals surface area contributed by atoms with Gasteiger partial charge in [0.2, 0.25) is 0 Å².